The van der Waals surface area contributed by atoms with Crippen molar-refractivity contribution in [3.63, 3.8) is 0 Å². The fourth-order valence-electron chi connectivity index (χ4n) is 2.12. The van der Waals surface area contributed by atoms with E-state index in [4.69, 9.17) is 4.74 Å². The van der Waals surface area contributed by atoms with Crippen LogP contribution in [-0.2, 0) is 9.53 Å². The van der Waals surface area contributed by atoms with E-state index in [9.17, 15) is 9.59 Å². The smallest absolute Gasteiger partial charge is 0.327 e. The van der Waals surface area contributed by atoms with Crippen molar-refractivity contribution >= 4 is 23.1 Å². The maximum Gasteiger partial charge on any atom is 0.327 e. The molecule has 0 bridgehead atoms. The van der Waals surface area contributed by atoms with Gasteiger partial charge < -0.3 is 4.74 Å². The number of carbonyl (C=O) groups excluding carboxylic acids is 2. The summed E-state index contributed by atoms with van der Waals surface area (Å²) in [5.74, 6) is -0.595. The van der Waals surface area contributed by atoms with Gasteiger partial charge in [-0.25, -0.2) is 0 Å². The summed E-state index contributed by atoms with van der Waals surface area (Å²) in [7, 11) is 1.33. The van der Waals surface area contributed by atoms with Crippen LogP contribution >= 0.6 is 11.3 Å². The lowest BCUT2D eigenvalue weighted by molar-refractivity contribution is -0.144. The van der Waals surface area contributed by atoms with E-state index in [2.05, 4.69) is 6.92 Å². The minimum absolute atomic E-state index is 0.143. The molecule has 0 saturated carbocycles. The highest BCUT2D eigenvalue weighted by atomic mass is 32.1. The van der Waals surface area contributed by atoms with E-state index in [1.54, 1.807) is 12.1 Å². The molecule has 18 heavy (non-hydrogen) atoms. The van der Waals surface area contributed by atoms with E-state index in [1.807, 2.05) is 11.4 Å². The Balaban J connectivity index is 2.19. The second kappa shape index (κ2) is 5.06. The molecule has 0 spiro atoms. The fraction of sp³-hybridized carbons (Fsp3) is 0.429. The molecule has 2 rings (SSSR count). The standard InChI is InChI=1S/C14H16O3S/c1-3-4-6-10-9-14(10,13(16)17-2)12(15)11-7-5-8-18-11/h5,7-9H,3-4,6H2,1-2H3. The lowest BCUT2D eigenvalue weighted by Gasteiger charge is -2.14. The molecule has 0 fully saturated rings. The van der Waals surface area contributed by atoms with Crippen molar-refractivity contribution in [2.75, 3.05) is 7.11 Å². The van der Waals surface area contributed by atoms with Gasteiger partial charge in [0.05, 0.1) is 12.0 Å². The molecule has 1 aromatic heterocycles. The molecule has 0 aromatic carbocycles. The highest BCUT2D eigenvalue weighted by Gasteiger charge is 2.57. The fourth-order valence-corrected chi connectivity index (χ4v) is 2.85. The third-order valence-corrected chi connectivity index (χ3v) is 4.09. The number of esters is 1. The van der Waals surface area contributed by atoms with E-state index in [-0.39, 0.29) is 5.78 Å². The molecule has 1 aliphatic rings. The van der Waals surface area contributed by atoms with Crippen molar-refractivity contribution in [3.8, 4) is 0 Å². The van der Waals surface area contributed by atoms with Crippen LogP contribution in [0.3, 0.4) is 0 Å². The van der Waals surface area contributed by atoms with Crippen LogP contribution in [0.1, 0.15) is 35.9 Å². The van der Waals surface area contributed by atoms with E-state index >= 15 is 0 Å². The second-order valence-corrected chi connectivity index (χ2v) is 5.33. The first kappa shape index (κ1) is 13.0. The molecule has 0 saturated heterocycles. The molecule has 0 radical (unpaired) electrons. The third-order valence-electron chi connectivity index (χ3n) is 3.22. The molecule has 1 atom stereocenters. The minimum atomic E-state index is -1.09. The number of carbonyl (C=O) groups is 2. The summed E-state index contributed by atoms with van der Waals surface area (Å²) in [6.07, 6.45) is 4.59. The number of unbranched alkanes of at least 4 members (excludes halogenated alkanes) is 1. The summed E-state index contributed by atoms with van der Waals surface area (Å²) in [4.78, 5) is 25.0. The van der Waals surface area contributed by atoms with Crippen LogP contribution in [-0.4, -0.2) is 18.9 Å². The molecule has 0 N–H and O–H groups in total. The largest absolute Gasteiger partial charge is 0.468 e. The van der Waals surface area contributed by atoms with E-state index in [0.717, 1.165) is 24.8 Å². The minimum Gasteiger partial charge on any atom is -0.468 e. The average molecular weight is 264 g/mol. The summed E-state index contributed by atoms with van der Waals surface area (Å²) >= 11 is 1.36. The average Bonchev–Trinajstić information content (AvgIpc) is 2.86. The zero-order valence-electron chi connectivity index (χ0n) is 10.6. The SMILES string of the molecule is CCCCC1=CC1(C(=O)OC)C(=O)c1cccs1. The van der Waals surface area contributed by atoms with Gasteiger partial charge >= 0.3 is 5.97 Å². The second-order valence-electron chi connectivity index (χ2n) is 4.38. The van der Waals surface area contributed by atoms with Gasteiger partial charge in [-0.05, 0) is 29.9 Å². The molecule has 0 amide bonds. The van der Waals surface area contributed by atoms with Gasteiger partial charge in [0.25, 0.3) is 0 Å². The number of hydrogen-bond acceptors (Lipinski definition) is 4. The van der Waals surface area contributed by atoms with Gasteiger partial charge in [-0.1, -0.05) is 25.5 Å². The summed E-state index contributed by atoms with van der Waals surface area (Å²) in [6, 6.07) is 3.57. The molecule has 96 valence electrons. The zero-order chi connectivity index (χ0) is 13.2. The van der Waals surface area contributed by atoms with Crippen LogP contribution in [0, 0.1) is 5.41 Å². The molecule has 1 aromatic rings. The summed E-state index contributed by atoms with van der Waals surface area (Å²) in [5, 5.41) is 1.84. The Morgan fingerprint density at radius 1 is 1.44 bits per heavy atom. The predicted octanol–water partition coefficient (Wildman–Crippen LogP) is 3.22. The molecule has 0 aliphatic heterocycles. The van der Waals surface area contributed by atoms with Crippen LogP contribution in [0.4, 0.5) is 0 Å². The van der Waals surface area contributed by atoms with Gasteiger partial charge in [0.15, 0.2) is 11.2 Å². The van der Waals surface area contributed by atoms with Crippen LogP contribution < -0.4 is 0 Å². The number of Topliss-reactive ketones (excluding diaryl/α,β-unsaturated/α-hetero) is 1. The van der Waals surface area contributed by atoms with Crippen molar-refractivity contribution in [2.24, 2.45) is 5.41 Å². The molecule has 1 heterocycles. The zero-order valence-corrected chi connectivity index (χ0v) is 11.4. The van der Waals surface area contributed by atoms with Gasteiger partial charge in [0.2, 0.25) is 0 Å². The monoisotopic (exact) mass is 264 g/mol. The normalized spacial score (nSPS) is 21.3. The van der Waals surface area contributed by atoms with Gasteiger partial charge in [-0.3, -0.25) is 9.59 Å². The molecule has 4 heteroatoms. The lowest BCUT2D eigenvalue weighted by atomic mass is 9.91. The Bertz CT molecular complexity index is 487. The predicted molar refractivity (Wildman–Crippen MR) is 70.7 cm³/mol. The van der Waals surface area contributed by atoms with E-state index in [0.29, 0.717) is 4.88 Å². The van der Waals surface area contributed by atoms with Crippen LogP contribution in [0.15, 0.2) is 29.2 Å². The van der Waals surface area contributed by atoms with Gasteiger partial charge in [-0.2, -0.15) is 0 Å². The number of methoxy groups -OCH3 is 1. The Labute approximate surface area is 110 Å². The van der Waals surface area contributed by atoms with E-state index < -0.39 is 11.4 Å². The first-order valence-electron chi connectivity index (χ1n) is 6.05. The van der Waals surface area contributed by atoms with Gasteiger partial charge in [0.1, 0.15) is 0 Å². The summed E-state index contributed by atoms with van der Waals surface area (Å²) in [5.41, 5.74) is -0.177. The quantitative estimate of drug-likeness (QED) is 0.343. The Hall–Kier alpha value is -1.42. The number of hydrogen-bond donors (Lipinski definition) is 0. The maximum atomic E-state index is 12.4. The Morgan fingerprint density at radius 2 is 2.22 bits per heavy atom. The third kappa shape index (κ3) is 2.01. The van der Waals surface area contributed by atoms with Gasteiger partial charge in [0, 0.05) is 0 Å². The summed E-state index contributed by atoms with van der Waals surface area (Å²) in [6.45, 7) is 2.09. The summed E-state index contributed by atoms with van der Waals surface area (Å²) < 4.78 is 4.80. The molecular formula is C14H16O3S. The van der Waals surface area contributed by atoms with Crippen molar-refractivity contribution in [1.29, 1.82) is 0 Å². The number of ether oxygens (including phenoxy) is 1. The molecule has 1 aliphatic carbocycles. The van der Waals surface area contributed by atoms with Gasteiger partial charge in [-0.15, -0.1) is 11.3 Å². The highest BCUT2D eigenvalue weighted by Crippen LogP contribution is 2.50. The van der Waals surface area contributed by atoms with Crippen molar-refractivity contribution in [2.45, 2.75) is 26.2 Å². The number of ketones is 1. The van der Waals surface area contributed by atoms with Crippen molar-refractivity contribution in [3.05, 3.63) is 34.0 Å². The van der Waals surface area contributed by atoms with Crippen LogP contribution in [0.25, 0.3) is 0 Å². The maximum absolute atomic E-state index is 12.4. The molecule has 1 unspecified atom stereocenters. The number of rotatable bonds is 6. The van der Waals surface area contributed by atoms with E-state index in [1.165, 1.54) is 18.4 Å². The molecular weight excluding hydrogens is 248 g/mol. The Kier molecular flexibility index (Phi) is 3.66. The first-order valence-corrected chi connectivity index (χ1v) is 6.93. The molecule has 3 nitrogen and oxygen atoms in total. The van der Waals surface area contributed by atoms with Crippen LogP contribution in [0.5, 0.6) is 0 Å². The Morgan fingerprint density at radius 3 is 2.78 bits per heavy atom. The van der Waals surface area contributed by atoms with Crippen molar-refractivity contribution < 1.29 is 14.3 Å². The van der Waals surface area contributed by atoms with Crippen molar-refractivity contribution in [1.82, 2.24) is 0 Å². The van der Waals surface area contributed by atoms with Crippen LogP contribution in [0.2, 0.25) is 0 Å². The number of thiophene rings is 1. The highest BCUT2D eigenvalue weighted by molar-refractivity contribution is 7.12. The topological polar surface area (TPSA) is 43.4 Å². The lowest BCUT2D eigenvalue weighted by Crippen LogP contribution is -2.30. The first-order chi connectivity index (χ1) is 8.66.